The number of pyridine rings is 1. The van der Waals surface area contributed by atoms with E-state index in [9.17, 15) is 9.90 Å². The molecule has 2 aromatic heterocycles. The summed E-state index contributed by atoms with van der Waals surface area (Å²) in [4.78, 5) is 15.5. The van der Waals surface area contributed by atoms with Crippen LogP contribution in [0, 0.1) is 0 Å². The molecule has 1 N–H and O–H groups in total. The van der Waals surface area contributed by atoms with Crippen molar-refractivity contribution in [3.63, 3.8) is 0 Å². The van der Waals surface area contributed by atoms with Gasteiger partial charge in [-0.2, -0.15) is 0 Å². The van der Waals surface area contributed by atoms with Crippen LogP contribution in [0.1, 0.15) is 10.4 Å². The average molecular weight is 327 g/mol. The van der Waals surface area contributed by atoms with E-state index in [1.807, 2.05) is 0 Å². The Morgan fingerprint density at radius 1 is 1.48 bits per heavy atom. The van der Waals surface area contributed by atoms with Crippen molar-refractivity contribution in [3.05, 3.63) is 29.0 Å². The minimum Gasteiger partial charge on any atom is -0.478 e. The molecule has 0 fully saturated rings. The summed E-state index contributed by atoms with van der Waals surface area (Å²) in [6, 6.07) is 4.18. The van der Waals surface area contributed by atoms with Gasteiger partial charge in [-0.1, -0.05) is 31.2 Å². The highest BCUT2D eigenvalue weighted by Gasteiger charge is 2.16. The average Bonchev–Trinajstić information content (AvgIpc) is 2.75. The molecule has 5 nitrogen and oxygen atoms in total. The number of carbonyl (C=O) groups is 1. The predicted molar refractivity (Wildman–Crippen MR) is 85.8 cm³/mol. The minimum atomic E-state index is -1.13. The number of aromatic carboxylic acids is 1. The Labute approximate surface area is 129 Å². The van der Waals surface area contributed by atoms with E-state index < -0.39 is 14.0 Å². The Morgan fingerprint density at radius 2 is 2.19 bits per heavy atom. The summed E-state index contributed by atoms with van der Waals surface area (Å²) >= 11 is 5.84. The summed E-state index contributed by atoms with van der Waals surface area (Å²) < 4.78 is 7.43. The van der Waals surface area contributed by atoms with E-state index in [-0.39, 0.29) is 10.7 Å². The summed E-state index contributed by atoms with van der Waals surface area (Å²) in [5.74, 6) is -1.02. The number of ether oxygens (including phenoxy) is 1. The summed E-state index contributed by atoms with van der Waals surface area (Å²) in [5.41, 5.74) is 1.25. The van der Waals surface area contributed by atoms with Crippen molar-refractivity contribution in [2.45, 2.75) is 32.4 Å². The number of aromatic nitrogens is 2. The summed E-state index contributed by atoms with van der Waals surface area (Å²) in [6.45, 7) is 7.86. The molecule has 0 bridgehead atoms. The first-order valence-electron chi connectivity index (χ1n) is 6.74. The third-order valence-electron chi connectivity index (χ3n) is 3.15. The second-order valence-electron chi connectivity index (χ2n) is 6.17. The number of rotatable bonds is 6. The number of halogens is 1. The van der Waals surface area contributed by atoms with Crippen molar-refractivity contribution in [1.29, 1.82) is 0 Å². The molecule has 0 aliphatic heterocycles. The molecule has 0 spiro atoms. The first-order chi connectivity index (χ1) is 9.78. The highest BCUT2D eigenvalue weighted by Crippen LogP contribution is 2.22. The Kier molecular flexibility index (Phi) is 4.70. The van der Waals surface area contributed by atoms with Crippen LogP contribution in [0.4, 0.5) is 0 Å². The van der Waals surface area contributed by atoms with Crippen LogP contribution < -0.4 is 0 Å². The summed E-state index contributed by atoms with van der Waals surface area (Å²) in [5, 5.41) is 9.47. The SMILES string of the molecule is C[Si](C)(C)CCOCn1ccc2nc(Cl)cc(C(=O)O)c21. The predicted octanol–water partition coefficient (Wildman–Crippen LogP) is 3.70. The molecule has 0 aliphatic carbocycles. The minimum absolute atomic E-state index is 0.142. The van der Waals surface area contributed by atoms with Crippen molar-refractivity contribution in [3.8, 4) is 0 Å². The number of carboxylic acids is 1. The topological polar surface area (TPSA) is 64.4 Å². The molecule has 0 unspecified atom stereocenters. The lowest BCUT2D eigenvalue weighted by Gasteiger charge is -2.16. The smallest absolute Gasteiger partial charge is 0.338 e. The Balaban J connectivity index is 2.19. The lowest BCUT2D eigenvalue weighted by Crippen LogP contribution is -2.22. The van der Waals surface area contributed by atoms with E-state index in [2.05, 4.69) is 24.6 Å². The van der Waals surface area contributed by atoms with Gasteiger partial charge in [0.15, 0.2) is 0 Å². The zero-order chi connectivity index (χ0) is 15.6. The molecule has 2 heterocycles. The molecule has 0 saturated heterocycles. The van der Waals surface area contributed by atoms with E-state index in [1.165, 1.54) is 6.07 Å². The largest absolute Gasteiger partial charge is 0.478 e. The number of hydrogen-bond acceptors (Lipinski definition) is 3. The Hall–Kier alpha value is -1.37. The molecule has 7 heteroatoms. The normalized spacial score (nSPS) is 12.0. The Morgan fingerprint density at radius 3 is 2.81 bits per heavy atom. The van der Waals surface area contributed by atoms with Gasteiger partial charge >= 0.3 is 5.97 Å². The monoisotopic (exact) mass is 326 g/mol. The molecule has 21 heavy (non-hydrogen) atoms. The van der Waals surface area contributed by atoms with Crippen molar-refractivity contribution in [1.82, 2.24) is 9.55 Å². The lowest BCUT2D eigenvalue weighted by molar-refractivity contribution is 0.0696. The van der Waals surface area contributed by atoms with Gasteiger partial charge in [0.2, 0.25) is 0 Å². The van der Waals surface area contributed by atoms with Crippen LogP contribution in [0.3, 0.4) is 0 Å². The van der Waals surface area contributed by atoms with Crippen LogP contribution in [0.25, 0.3) is 11.0 Å². The van der Waals surface area contributed by atoms with Gasteiger partial charge in [0.1, 0.15) is 11.9 Å². The highest BCUT2D eigenvalue weighted by molar-refractivity contribution is 6.76. The number of nitrogens with zero attached hydrogens (tertiary/aromatic N) is 2. The maximum Gasteiger partial charge on any atom is 0.338 e. The van der Waals surface area contributed by atoms with Gasteiger partial charge in [0.25, 0.3) is 0 Å². The van der Waals surface area contributed by atoms with Gasteiger partial charge in [-0.15, -0.1) is 0 Å². The molecule has 114 valence electrons. The third kappa shape index (κ3) is 4.06. The fraction of sp³-hybridized carbons (Fsp3) is 0.429. The number of hydrogen-bond donors (Lipinski definition) is 1. The van der Waals surface area contributed by atoms with Gasteiger partial charge in [0, 0.05) is 20.9 Å². The van der Waals surface area contributed by atoms with E-state index in [0.29, 0.717) is 24.4 Å². The lowest BCUT2D eigenvalue weighted by atomic mass is 10.2. The number of carboxylic acid groups (broad SMARTS) is 1. The van der Waals surface area contributed by atoms with Crippen LogP contribution in [-0.4, -0.2) is 35.3 Å². The van der Waals surface area contributed by atoms with E-state index in [1.54, 1.807) is 16.8 Å². The fourth-order valence-electron chi connectivity index (χ4n) is 1.99. The number of fused-ring (bicyclic) bond motifs is 1. The fourth-order valence-corrected chi connectivity index (χ4v) is 2.95. The van der Waals surface area contributed by atoms with Gasteiger partial charge in [0.05, 0.1) is 16.6 Å². The van der Waals surface area contributed by atoms with Crippen LogP contribution in [-0.2, 0) is 11.5 Å². The molecular formula is C14H19ClN2O3Si. The van der Waals surface area contributed by atoms with Crippen LogP contribution >= 0.6 is 11.6 Å². The second-order valence-corrected chi connectivity index (χ2v) is 12.2. The van der Waals surface area contributed by atoms with Crippen LogP contribution in [0.15, 0.2) is 18.3 Å². The van der Waals surface area contributed by atoms with Crippen molar-refractivity contribution >= 4 is 36.7 Å². The van der Waals surface area contributed by atoms with Gasteiger partial charge < -0.3 is 14.4 Å². The molecule has 2 aromatic rings. The first kappa shape index (κ1) is 16.0. The molecule has 0 aromatic carbocycles. The van der Waals surface area contributed by atoms with Crippen molar-refractivity contribution in [2.75, 3.05) is 6.61 Å². The van der Waals surface area contributed by atoms with E-state index in [4.69, 9.17) is 16.3 Å². The zero-order valence-corrected chi connectivity index (χ0v) is 14.1. The Bertz CT molecular complexity index is 664. The molecule has 0 atom stereocenters. The van der Waals surface area contributed by atoms with Crippen LogP contribution in [0.5, 0.6) is 0 Å². The third-order valence-corrected chi connectivity index (χ3v) is 5.04. The second kappa shape index (κ2) is 6.17. The van der Waals surface area contributed by atoms with Gasteiger partial charge in [-0.05, 0) is 18.2 Å². The molecule has 0 radical (unpaired) electrons. The maximum atomic E-state index is 11.3. The molecular weight excluding hydrogens is 308 g/mol. The summed E-state index contributed by atoms with van der Waals surface area (Å²) in [6.07, 6.45) is 1.77. The standard InChI is InChI=1S/C14H19ClN2O3Si/c1-21(2,3)7-6-20-9-17-5-4-11-13(17)10(14(18)19)8-12(15)16-11/h4-5,8H,6-7,9H2,1-3H3,(H,18,19). The molecule has 0 saturated carbocycles. The zero-order valence-electron chi connectivity index (χ0n) is 12.4. The quantitative estimate of drug-likeness (QED) is 0.499. The first-order valence-corrected chi connectivity index (χ1v) is 10.8. The summed E-state index contributed by atoms with van der Waals surface area (Å²) in [7, 11) is -1.13. The van der Waals surface area contributed by atoms with Crippen molar-refractivity contribution < 1.29 is 14.6 Å². The molecule has 2 rings (SSSR count). The molecule has 0 aliphatic rings. The van der Waals surface area contributed by atoms with Gasteiger partial charge in [-0.3, -0.25) is 0 Å². The maximum absolute atomic E-state index is 11.3. The van der Waals surface area contributed by atoms with E-state index in [0.717, 1.165) is 6.04 Å². The van der Waals surface area contributed by atoms with Gasteiger partial charge in [-0.25, -0.2) is 9.78 Å². The molecule has 0 amide bonds. The highest BCUT2D eigenvalue weighted by atomic mass is 35.5. The van der Waals surface area contributed by atoms with E-state index >= 15 is 0 Å². The van der Waals surface area contributed by atoms with Crippen molar-refractivity contribution in [2.24, 2.45) is 0 Å². The van der Waals surface area contributed by atoms with Crippen LogP contribution in [0.2, 0.25) is 30.8 Å².